The van der Waals surface area contributed by atoms with Crippen LogP contribution in [0.5, 0.6) is 0 Å². The molecule has 0 bridgehead atoms. The lowest BCUT2D eigenvalue weighted by atomic mass is 9.84. The molecule has 16 heavy (non-hydrogen) atoms. The van der Waals surface area contributed by atoms with Crippen molar-refractivity contribution in [3.05, 3.63) is 0 Å². The van der Waals surface area contributed by atoms with E-state index < -0.39 is 0 Å². The summed E-state index contributed by atoms with van der Waals surface area (Å²) in [6, 6.07) is 0.344. The van der Waals surface area contributed by atoms with Crippen LogP contribution in [0.1, 0.15) is 20.8 Å². The maximum atomic E-state index is 12.1. The molecule has 2 atom stereocenters. The number of carbonyl (C=O) groups excluding carboxylic acids is 1. The summed E-state index contributed by atoms with van der Waals surface area (Å²) in [7, 11) is 2.08. The minimum Gasteiger partial charge on any atom is -0.350 e. The molecule has 2 saturated heterocycles. The van der Waals surface area contributed by atoms with Crippen LogP contribution in [0, 0.1) is 5.41 Å². The molecule has 1 N–H and O–H groups in total. The Morgan fingerprint density at radius 3 is 2.56 bits per heavy atom. The Morgan fingerprint density at radius 2 is 1.94 bits per heavy atom. The molecule has 2 rings (SSSR count). The standard InChI is InChI=1S/C12H23N3O/c1-12(2,3)10-8-15-6-5-14(4)7-9(15)11(16)13-10/h9-10H,5-8H2,1-4H3,(H,13,16). The quantitative estimate of drug-likeness (QED) is 0.637. The van der Waals surface area contributed by atoms with E-state index in [1.165, 1.54) is 0 Å². The summed E-state index contributed by atoms with van der Waals surface area (Å²) >= 11 is 0. The molecule has 2 fully saturated rings. The molecule has 0 aromatic heterocycles. The average Bonchev–Trinajstić information content (AvgIpc) is 2.17. The van der Waals surface area contributed by atoms with Crippen molar-refractivity contribution in [3.8, 4) is 0 Å². The van der Waals surface area contributed by atoms with Crippen LogP contribution in [0.3, 0.4) is 0 Å². The molecular weight excluding hydrogens is 202 g/mol. The van der Waals surface area contributed by atoms with Crippen LogP contribution in [0.2, 0.25) is 0 Å². The summed E-state index contributed by atoms with van der Waals surface area (Å²) < 4.78 is 0. The Balaban J connectivity index is 2.08. The first kappa shape index (κ1) is 11.9. The first-order valence-electron chi connectivity index (χ1n) is 6.11. The van der Waals surface area contributed by atoms with Crippen molar-refractivity contribution < 1.29 is 4.79 Å². The smallest absolute Gasteiger partial charge is 0.238 e. The first-order valence-corrected chi connectivity index (χ1v) is 6.11. The van der Waals surface area contributed by atoms with Gasteiger partial charge in [0, 0.05) is 32.2 Å². The second-order valence-electron chi connectivity index (χ2n) is 6.20. The number of hydrogen-bond acceptors (Lipinski definition) is 3. The Morgan fingerprint density at radius 1 is 1.25 bits per heavy atom. The van der Waals surface area contributed by atoms with E-state index in [1.807, 2.05) is 0 Å². The number of carbonyl (C=O) groups is 1. The largest absolute Gasteiger partial charge is 0.350 e. The van der Waals surface area contributed by atoms with Crippen molar-refractivity contribution in [1.82, 2.24) is 15.1 Å². The molecule has 4 heteroatoms. The fourth-order valence-corrected chi connectivity index (χ4v) is 2.46. The average molecular weight is 225 g/mol. The first-order chi connectivity index (χ1) is 7.38. The normalized spacial score (nSPS) is 33.4. The zero-order valence-electron chi connectivity index (χ0n) is 10.8. The molecule has 0 radical (unpaired) electrons. The molecule has 2 unspecified atom stereocenters. The number of piperazine rings is 2. The van der Waals surface area contributed by atoms with Crippen LogP contribution in [0.15, 0.2) is 0 Å². The van der Waals surface area contributed by atoms with E-state index in [1.54, 1.807) is 0 Å². The van der Waals surface area contributed by atoms with Crippen LogP contribution >= 0.6 is 0 Å². The maximum absolute atomic E-state index is 12.1. The summed E-state index contributed by atoms with van der Waals surface area (Å²) in [5, 5.41) is 3.17. The van der Waals surface area contributed by atoms with Gasteiger partial charge in [0.15, 0.2) is 0 Å². The molecule has 92 valence electrons. The number of likely N-dealkylation sites (N-methyl/N-ethyl adjacent to an activating group) is 1. The predicted octanol–water partition coefficient (Wildman–Crippen LogP) is 0.147. The molecule has 2 aliphatic rings. The lowest BCUT2D eigenvalue weighted by Crippen LogP contribution is -2.68. The van der Waals surface area contributed by atoms with Gasteiger partial charge in [-0.1, -0.05) is 20.8 Å². The van der Waals surface area contributed by atoms with Gasteiger partial charge in [-0.15, -0.1) is 0 Å². The van der Waals surface area contributed by atoms with Gasteiger partial charge in [0.05, 0.1) is 0 Å². The zero-order valence-corrected chi connectivity index (χ0v) is 10.8. The zero-order chi connectivity index (χ0) is 11.9. The molecule has 4 nitrogen and oxygen atoms in total. The number of amides is 1. The second-order valence-corrected chi connectivity index (χ2v) is 6.20. The SMILES string of the molecule is CN1CCN2CC(C(C)(C)C)NC(=O)C2C1. The third kappa shape index (κ3) is 2.23. The Labute approximate surface area is 98.0 Å². The Bertz CT molecular complexity index is 284. The summed E-state index contributed by atoms with van der Waals surface area (Å²) in [5.41, 5.74) is 0.143. The topological polar surface area (TPSA) is 35.6 Å². The van der Waals surface area contributed by atoms with E-state index >= 15 is 0 Å². The highest BCUT2D eigenvalue weighted by Gasteiger charge is 2.40. The third-order valence-corrected chi connectivity index (χ3v) is 3.78. The summed E-state index contributed by atoms with van der Waals surface area (Å²) in [5.74, 6) is 0.206. The van der Waals surface area contributed by atoms with Gasteiger partial charge in [-0.05, 0) is 12.5 Å². The van der Waals surface area contributed by atoms with Crippen LogP contribution in [0.25, 0.3) is 0 Å². The van der Waals surface area contributed by atoms with E-state index in [2.05, 4.69) is 42.9 Å². The van der Waals surface area contributed by atoms with Gasteiger partial charge >= 0.3 is 0 Å². The van der Waals surface area contributed by atoms with Crippen LogP contribution in [0.4, 0.5) is 0 Å². The van der Waals surface area contributed by atoms with Gasteiger partial charge < -0.3 is 10.2 Å². The molecule has 0 aromatic rings. The van der Waals surface area contributed by atoms with E-state index in [0.717, 1.165) is 26.2 Å². The number of nitrogens with one attached hydrogen (secondary N) is 1. The van der Waals surface area contributed by atoms with Crippen molar-refractivity contribution in [2.24, 2.45) is 5.41 Å². The highest BCUT2D eigenvalue weighted by atomic mass is 16.2. The Hall–Kier alpha value is -0.610. The van der Waals surface area contributed by atoms with Gasteiger partial charge in [0.25, 0.3) is 0 Å². The molecule has 1 amide bonds. The number of fused-ring (bicyclic) bond motifs is 1. The van der Waals surface area contributed by atoms with Crippen molar-refractivity contribution in [2.45, 2.75) is 32.9 Å². The number of rotatable bonds is 0. The van der Waals surface area contributed by atoms with Crippen molar-refractivity contribution in [2.75, 3.05) is 33.2 Å². The van der Waals surface area contributed by atoms with Gasteiger partial charge in [0.1, 0.15) is 6.04 Å². The summed E-state index contributed by atoms with van der Waals surface area (Å²) in [4.78, 5) is 16.6. The van der Waals surface area contributed by atoms with E-state index in [9.17, 15) is 4.79 Å². The highest BCUT2D eigenvalue weighted by Crippen LogP contribution is 2.25. The lowest BCUT2D eigenvalue weighted by molar-refractivity contribution is -0.135. The van der Waals surface area contributed by atoms with Crippen molar-refractivity contribution in [1.29, 1.82) is 0 Å². The number of nitrogens with zero attached hydrogens (tertiary/aromatic N) is 2. The summed E-state index contributed by atoms with van der Waals surface area (Å²) in [6.07, 6.45) is 0. The molecule has 0 spiro atoms. The maximum Gasteiger partial charge on any atom is 0.238 e. The molecular formula is C12H23N3O. The lowest BCUT2D eigenvalue weighted by Gasteiger charge is -2.47. The third-order valence-electron chi connectivity index (χ3n) is 3.78. The van der Waals surface area contributed by atoms with Gasteiger partial charge in [0.2, 0.25) is 5.91 Å². The van der Waals surface area contributed by atoms with Gasteiger partial charge in [-0.3, -0.25) is 9.69 Å². The minimum absolute atomic E-state index is 0.0670. The monoisotopic (exact) mass is 225 g/mol. The van der Waals surface area contributed by atoms with E-state index in [0.29, 0.717) is 0 Å². The summed E-state index contributed by atoms with van der Waals surface area (Å²) in [6.45, 7) is 10.5. The van der Waals surface area contributed by atoms with Crippen molar-refractivity contribution in [3.63, 3.8) is 0 Å². The van der Waals surface area contributed by atoms with Gasteiger partial charge in [-0.25, -0.2) is 0 Å². The molecule has 0 aromatic carbocycles. The van der Waals surface area contributed by atoms with Crippen LogP contribution in [-0.2, 0) is 4.79 Å². The fourth-order valence-electron chi connectivity index (χ4n) is 2.46. The fraction of sp³-hybridized carbons (Fsp3) is 0.917. The van der Waals surface area contributed by atoms with Crippen molar-refractivity contribution >= 4 is 5.91 Å². The molecule has 2 heterocycles. The van der Waals surface area contributed by atoms with Gasteiger partial charge in [-0.2, -0.15) is 0 Å². The number of hydrogen-bond donors (Lipinski definition) is 1. The Kier molecular flexibility index (Phi) is 2.97. The highest BCUT2D eigenvalue weighted by molar-refractivity contribution is 5.83. The van der Waals surface area contributed by atoms with Crippen LogP contribution in [-0.4, -0.2) is 61.0 Å². The molecule has 2 aliphatic heterocycles. The molecule has 0 aliphatic carbocycles. The second kappa shape index (κ2) is 4.00. The van der Waals surface area contributed by atoms with E-state index in [4.69, 9.17) is 0 Å². The van der Waals surface area contributed by atoms with Crippen LogP contribution < -0.4 is 5.32 Å². The predicted molar refractivity (Wildman–Crippen MR) is 64.2 cm³/mol. The van der Waals surface area contributed by atoms with E-state index in [-0.39, 0.29) is 23.4 Å². The minimum atomic E-state index is 0.0670. The molecule has 0 saturated carbocycles.